The molecule has 3 rings (SSSR count). The molecule has 0 saturated heterocycles. The summed E-state index contributed by atoms with van der Waals surface area (Å²) in [6, 6.07) is 24.9. The van der Waals surface area contributed by atoms with Gasteiger partial charge in [-0.25, -0.2) is 0 Å². The van der Waals surface area contributed by atoms with Crippen LogP contribution in [0.15, 0.2) is 88.7 Å². The van der Waals surface area contributed by atoms with Crippen molar-refractivity contribution in [2.45, 2.75) is 9.79 Å². The monoisotopic (exact) mass is 350 g/mol. The van der Waals surface area contributed by atoms with Crippen LogP contribution in [0.1, 0.15) is 0 Å². The Kier molecular flexibility index (Phi) is 5.59. The van der Waals surface area contributed by atoms with E-state index in [9.17, 15) is 4.79 Å². The Morgan fingerprint density at radius 2 is 1.60 bits per heavy atom. The molecule has 0 aliphatic rings. The Hall–Kier alpha value is -2.92. The van der Waals surface area contributed by atoms with Crippen molar-refractivity contribution in [3.63, 3.8) is 0 Å². The highest BCUT2D eigenvalue weighted by Crippen LogP contribution is 2.32. The minimum absolute atomic E-state index is 0.0930. The maximum Gasteiger partial charge on any atom is 0.262 e. The zero-order valence-electron chi connectivity index (χ0n) is 13.5. The predicted octanol–water partition coefficient (Wildman–Crippen LogP) is 4.44. The van der Waals surface area contributed by atoms with E-state index in [1.165, 1.54) is 0 Å². The van der Waals surface area contributed by atoms with Gasteiger partial charge in [0.2, 0.25) is 0 Å². The smallest absolute Gasteiger partial charge is 0.262 e. The summed E-state index contributed by atoms with van der Waals surface area (Å²) in [5.74, 6) is 0.272. The lowest BCUT2D eigenvalue weighted by Gasteiger charge is -2.11. The van der Waals surface area contributed by atoms with Gasteiger partial charge in [-0.3, -0.25) is 4.79 Å². The van der Waals surface area contributed by atoms with Gasteiger partial charge in [-0.2, -0.15) is 0 Å². The third-order valence-corrected chi connectivity index (χ3v) is 4.37. The SMILES string of the molecule is Nc1cc(Sc2ccccc2)ccc1OCC(=O)Nc1ccccc1. The number of carbonyl (C=O) groups is 1. The summed E-state index contributed by atoms with van der Waals surface area (Å²) in [6.45, 7) is -0.0930. The second kappa shape index (κ2) is 8.26. The van der Waals surface area contributed by atoms with E-state index in [1.807, 2.05) is 72.8 Å². The number of amides is 1. The van der Waals surface area contributed by atoms with Crippen molar-refractivity contribution in [1.29, 1.82) is 0 Å². The Labute approximate surface area is 151 Å². The zero-order chi connectivity index (χ0) is 17.5. The van der Waals surface area contributed by atoms with Crippen molar-refractivity contribution in [3.05, 3.63) is 78.9 Å². The van der Waals surface area contributed by atoms with Crippen LogP contribution in [-0.2, 0) is 4.79 Å². The molecule has 3 aromatic carbocycles. The molecular weight excluding hydrogens is 332 g/mol. The van der Waals surface area contributed by atoms with Crippen LogP contribution in [0.3, 0.4) is 0 Å². The van der Waals surface area contributed by atoms with Crippen LogP contribution in [0.25, 0.3) is 0 Å². The van der Waals surface area contributed by atoms with E-state index in [1.54, 1.807) is 17.8 Å². The van der Waals surface area contributed by atoms with Gasteiger partial charge in [-0.15, -0.1) is 0 Å². The third-order valence-electron chi connectivity index (χ3n) is 3.38. The highest BCUT2D eigenvalue weighted by molar-refractivity contribution is 7.99. The van der Waals surface area contributed by atoms with Crippen LogP contribution < -0.4 is 15.8 Å². The molecule has 126 valence electrons. The molecule has 0 fully saturated rings. The van der Waals surface area contributed by atoms with Crippen molar-refractivity contribution in [1.82, 2.24) is 0 Å². The van der Waals surface area contributed by atoms with Gasteiger partial charge in [0.15, 0.2) is 6.61 Å². The van der Waals surface area contributed by atoms with Gasteiger partial charge in [0.25, 0.3) is 5.91 Å². The van der Waals surface area contributed by atoms with Gasteiger partial charge < -0.3 is 15.8 Å². The average molecular weight is 350 g/mol. The first kappa shape index (κ1) is 16.9. The van der Waals surface area contributed by atoms with Crippen LogP contribution in [0.2, 0.25) is 0 Å². The molecule has 0 aliphatic heterocycles. The quantitative estimate of drug-likeness (QED) is 0.645. The molecule has 0 heterocycles. The summed E-state index contributed by atoms with van der Waals surface area (Å²) >= 11 is 1.62. The van der Waals surface area contributed by atoms with E-state index >= 15 is 0 Å². The van der Waals surface area contributed by atoms with E-state index < -0.39 is 0 Å². The fourth-order valence-corrected chi connectivity index (χ4v) is 3.10. The molecule has 25 heavy (non-hydrogen) atoms. The number of ether oxygens (including phenoxy) is 1. The lowest BCUT2D eigenvalue weighted by Crippen LogP contribution is -2.20. The number of nitrogen functional groups attached to an aromatic ring is 1. The van der Waals surface area contributed by atoms with Gasteiger partial charge in [-0.1, -0.05) is 48.2 Å². The average Bonchev–Trinajstić information content (AvgIpc) is 2.63. The van der Waals surface area contributed by atoms with Gasteiger partial charge in [0.05, 0.1) is 5.69 Å². The maximum atomic E-state index is 11.9. The summed E-state index contributed by atoms with van der Waals surface area (Å²) in [6.07, 6.45) is 0. The summed E-state index contributed by atoms with van der Waals surface area (Å²) in [7, 11) is 0. The van der Waals surface area contributed by atoms with Crippen molar-refractivity contribution in [3.8, 4) is 5.75 Å². The first-order valence-electron chi connectivity index (χ1n) is 7.81. The normalized spacial score (nSPS) is 10.2. The van der Waals surface area contributed by atoms with E-state index in [0.717, 1.165) is 15.5 Å². The van der Waals surface area contributed by atoms with Crippen LogP contribution in [-0.4, -0.2) is 12.5 Å². The molecule has 3 N–H and O–H groups in total. The molecule has 0 saturated carbocycles. The second-order valence-electron chi connectivity index (χ2n) is 5.32. The molecule has 0 bridgehead atoms. The van der Waals surface area contributed by atoms with Gasteiger partial charge >= 0.3 is 0 Å². The number of benzene rings is 3. The zero-order valence-corrected chi connectivity index (χ0v) is 14.3. The number of nitrogens with two attached hydrogens (primary N) is 1. The van der Waals surface area contributed by atoms with Crippen molar-refractivity contribution in [2.75, 3.05) is 17.7 Å². The van der Waals surface area contributed by atoms with Crippen LogP contribution >= 0.6 is 11.8 Å². The lowest BCUT2D eigenvalue weighted by molar-refractivity contribution is -0.118. The van der Waals surface area contributed by atoms with Crippen molar-refractivity contribution >= 4 is 29.0 Å². The lowest BCUT2D eigenvalue weighted by atomic mass is 10.3. The summed E-state index contributed by atoms with van der Waals surface area (Å²) in [5, 5.41) is 2.77. The summed E-state index contributed by atoms with van der Waals surface area (Å²) in [4.78, 5) is 14.1. The molecule has 4 nitrogen and oxygen atoms in total. The van der Waals surface area contributed by atoms with Crippen LogP contribution in [0, 0.1) is 0 Å². The molecular formula is C20H18N2O2S. The van der Waals surface area contributed by atoms with Gasteiger partial charge in [0.1, 0.15) is 5.75 Å². The van der Waals surface area contributed by atoms with Crippen molar-refractivity contribution < 1.29 is 9.53 Å². The number of para-hydroxylation sites is 1. The number of anilines is 2. The summed E-state index contributed by atoms with van der Waals surface area (Å²) < 4.78 is 5.53. The highest BCUT2D eigenvalue weighted by Gasteiger charge is 2.07. The minimum Gasteiger partial charge on any atom is -0.482 e. The summed E-state index contributed by atoms with van der Waals surface area (Å²) in [5.41, 5.74) is 7.29. The van der Waals surface area contributed by atoms with Crippen LogP contribution in [0.4, 0.5) is 11.4 Å². The molecule has 0 aliphatic carbocycles. The molecule has 0 aromatic heterocycles. The standard InChI is InChI=1S/C20H18N2O2S/c21-18-13-17(25-16-9-5-2-6-10-16)11-12-19(18)24-14-20(23)22-15-7-3-1-4-8-15/h1-13H,14,21H2,(H,22,23). The van der Waals surface area contributed by atoms with E-state index in [2.05, 4.69) is 5.32 Å². The van der Waals surface area contributed by atoms with E-state index in [4.69, 9.17) is 10.5 Å². The van der Waals surface area contributed by atoms with E-state index in [-0.39, 0.29) is 12.5 Å². The first-order chi connectivity index (χ1) is 12.2. The fraction of sp³-hybridized carbons (Fsp3) is 0.0500. The molecule has 0 atom stereocenters. The molecule has 0 spiro atoms. The second-order valence-corrected chi connectivity index (χ2v) is 6.46. The molecule has 1 amide bonds. The molecule has 3 aromatic rings. The predicted molar refractivity (Wildman–Crippen MR) is 102 cm³/mol. The van der Waals surface area contributed by atoms with Gasteiger partial charge in [0, 0.05) is 15.5 Å². The Bertz CT molecular complexity index is 839. The highest BCUT2D eigenvalue weighted by atomic mass is 32.2. The number of rotatable bonds is 6. The largest absolute Gasteiger partial charge is 0.482 e. The number of nitrogens with one attached hydrogen (secondary N) is 1. The number of carbonyl (C=O) groups excluding carboxylic acids is 1. The maximum absolute atomic E-state index is 11.9. The Morgan fingerprint density at radius 3 is 2.28 bits per heavy atom. The van der Waals surface area contributed by atoms with Crippen molar-refractivity contribution in [2.24, 2.45) is 0 Å². The minimum atomic E-state index is -0.228. The molecule has 5 heteroatoms. The topological polar surface area (TPSA) is 64.3 Å². The Balaban J connectivity index is 1.57. The van der Waals surface area contributed by atoms with Gasteiger partial charge in [-0.05, 0) is 42.5 Å². The number of hydrogen-bond acceptors (Lipinski definition) is 4. The molecule has 0 unspecified atom stereocenters. The fourth-order valence-electron chi connectivity index (χ4n) is 2.21. The Morgan fingerprint density at radius 1 is 0.920 bits per heavy atom. The van der Waals surface area contributed by atoms with Crippen LogP contribution in [0.5, 0.6) is 5.75 Å². The number of hydrogen-bond donors (Lipinski definition) is 2. The first-order valence-corrected chi connectivity index (χ1v) is 8.62. The third kappa shape index (κ3) is 5.02. The molecule has 0 radical (unpaired) electrons. The van der Waals surface area contributed by atoms with E-state index in [0.29, 0.717) is 11.4 Å².